The van der Waals surface area contributed by atoms with Gasteiger partial charge in [-0.05, 0) is 43.2 Å². The van der Waals surface area contributed by atoms with Gasteiger partial charge in [0.15, 0.2) is 15.8 Å². The summed E-state index contributed by atoms with van der Waals surface area (Å²) >= 11 is 2.78. The summed E-state index contributed by atoms with van der Waals surface area (Å²) in [6.07, 6.45) is 1.58. The van der Waals surface area contributed by atoms with Crippen molar-refractivity contribution in [3.05, 3.63) is 89.5 Å². The van der Waals surface area contributed by atoms with Crippen LogP contribution in [0.1, 0.15) is 23.6 Å². The van der Waals surface area contributed by atoms with Crippen LogP contribution >= 0.6 is 23.1 Å². The van der Waals surface area contributed by atoms with Gasteiger partial charge in [-0.1, -0.05) is 83.3 Å². The summed E-state index contributed by atoms with van der Waals surface area (Å²) < 4.78 is 12.4. The lowest BCUT2D eigenvalue weighted by Gasteiger charge is -2.12. The maximum Gasteiger partial charge on any atom is 0.250 e. The largest absolute Gasteiger partial charge is 0.490 e. The smallest absolute Gasteiger partial charge is 0.250 e. The Morgan fingerprint density at radius 3 is 2.61 bits per heavy atom. The first kappa shape index (κ1) is 25.4. The van der Waals surface area contributed by atoms with E-state index in [0.717, 1.165) is 26.0 Å². The topological polar surface area (TPSA) is 85.7 Å². The number of ether oxygens (including phenoxy) is 2. The highest BCUT2D eigenvalue weighted by Gasteiger charge is 2.10. The maximum absolute atomic E-state index is 12.2. The third kappa shape index (κ3) is 7.40. The average Bonchev–Trinajstić information content (AvgIpc) is 3.38. The van der Waals surface area contributed by atoms with Crippen molar-refractivity contribution in [2.75, 3.05) is 12.4 Å². The minimum Gasteiger partial charge on any atom is -0.490 e. The van der Waals surface area contributed by atoms with Gasteiger partial charge in [0.1, 0.15) is 11.6 Å². The number of hydrogen-bond acceptors (Lipinski definition) is 8. The van der Waals surface area contributed by atoms with Gasteiger partial charge in [-0.3, -0.25) is 4.79 Å². The third-order valence-electron chi connectivity index (χ3n) is 4.94. The van der Waals surface area contributed by atoms with E-state index in [1.807, 2.05) is 67.6 Å². The lowest BCUT2D eigenvalue weighted by molar-refractivity contribution is -0.118. The van der Waals surface area contributed by atoms with Gasteiger partial charge >= 0.3 is 0 Å². The number of hydrogen-bond donors (Lipinski definition) is 1. The first-order valence-corrected chi connectivity index (χ1v) is 13.2. The summed E-state index contributed by atoms with van der Waals surface area (Å²) in [4.78, 5) is 12.2. The number of rotatable bonds is 11. The number of amides is 1. The summed E-state index contributed by atoms with van der Waals surface area (Å²) in [6.45, 7) is 4.93. The van der Waals surface area contributed by atoms with E-state index in [4.69, 9.17) is 9.47 Å². The number of aromatic nitrogens is 2. The Morgan fingerprint density at radius 2 is 1.83 bits per heavy atom. The van der Waals surface area contributed by atoms with Gasteiger partial charge in [0.05, 0.1) is 18.6 Å². The van der Waals surface area contributed by atoms with E-state index in [2.05, 4.69) is 39.8 Å². The van der Waals surface area contributed by atoms with Gasteiger partial charge in [0.25, 0.3) is 5.91 Å². The van der Waals surface area contributed by atoms with E-state index in [-0.39, 0.29) is 11.7 Å². The third-order valence-corrected chi connectivity index (χ3v) is 7.05. The number of thioether (sulfide) groups is 1. The normalized spacial score (nSPS) is 10.9. The zero-order valence-electron chi connectivity index (χ0n) is 20.0. The standard InChI is InChI=1S/C27H26N4O3S2/c1-3-33-24-15-21(13-14-23(24)34-17-20-11-9-19(2)10-12-20)16-28-29-25(32)18-35-27-31-30-26(36-27)22-7-5-4-6-8-22/h4-16H,3,17-18H2,1-2H3,(H,29,32). The zero-order valence-corrected chi connectivity index (χ0v) is 21.6. The minimum atomic E-state index is -0.226. The molecule has 0 atom stereocenters. The quantitative estimate of drug-likeness (QED) is 0.155. The monoisotopic (exact) mass is 518 g/mol. The molecule has 4 rings (SSSR count). The molecule has 0 aliphatic rings. The number of hydrazone groups is 1. The summed E-state index contributed by atoms with van der Waals surface area (Å²) in [6, 6.07) is 23.6. The molecule has 3 aromatic carbocycles. The van der Waals surface area contributed by atoms with Crippen LogP contribution in [0.25, 0.3) is 10.6 Å². The molecule has 4 aromatic rings. The van der Waals surface area contributed by atoms with E-state index in [1.54, 1.807) is 6.21 Å². The van der Waals surface area contributed by atoms with Crippen LogP contribution in [0.4, 0.5) is 0 Å². The molecule has 0 fully saturated rings. The van der Waals surface area contributed by atoms with Crippen molar-refractivity contribution in [2.24, 2.45) is 5.10 Å². The molecule has 36 heavy (non-hydrogen) atoms. The first-order chi connectivity index (χ1) is 17.6. The van der Waals surface area contributed by atoms with Crippen LogP contribution in [-0.4, -0.2) is 34.7 Å². The van der Waals surface area contributed by atoms with Crippen LogP contribution in [-0.2, 0) is 11.4 Å². The molecular weight excluding hydrogens is 492 g/mol. The number of benzene rings is 3. The Morgan fingerprint density at radius 1 is 1.03 bits per heavy atom. The van der Waals surface area contributed by atoms with Crippen molar-refractivity contribution < 1.29 is 14.3 Å². The Bertz CT molecular complexity index is 1310. The van der Waals surface area contributed by atoms with Crippen molar-refractivity contribution in [1.29, 1.82) is 0 Å². The predicted molar refractivity (Wildman–Crippen MR) is 145 cm³/mol. The number of carbonyl (C=O) groups excluding carboxylic acids is 1. The summed E-state index contributed by atoms with van der Waals surface area (Å²) in [5.41, 5.74) is 6.63. The molecule has 0 unspecified atom stereocenters. The molecule has 0 bridgehead atoms. The second kappa shape index (κ2) is 12.9. The molecule has 1 heterocycles. The summed E-state index contributed by atoms with van der Waals surface area (Å²) in [5, 5.41) is 13.2. The van der Waals surface area contributed by atoms with E-state index in [9.17, 15) is 4.79 Å². The van der Waals surface area contributed by atoms with E-state index < -0.39 is 0 Å². The molecule has 0 saturated carbocycles. The highest BCUT2D eigenvalue weighted by atomic mass is 32.2. The molecule has 0 saturated heterocycles. The van der Waals surface area contributed by atoms with Crippen molar-refractivity contribution in [3.8, 4) is 22.1 Å². The van der Waals surface area contributed by atoms with Crippen LogP contribution in [0, 0.1) is 6.92 Å². The molecule has 184 valence electrons. The SMILES string of the molecule is CCOc1cc(C=NNC(=O)CSc2nnc(-c3ccccc3)s2)ccc1OCc1ccc(C)cc1. The van der Waals surface area contributed by atoms with Crippen LogP contribution in [0.15, 0.2) is 82.2 Å². The number of carbonyl (C=O) groups is 1. The van der Waals surface area contributed by atoms with Gasteiger partial charge < -0.3 is 9.47 Å². The molecule has 1 N–H and O–H groups in total. The molecule has 0 spiro atoms. The van der Waals surface area contributed by atoms with Crippen LogP contribution in [0.3, 0.4) is 0 Å². The molecule has 0 aliphatic heterocycles. The Hall–Kier alpha value is -3.69. The van der Waals surface area contributed by atoms with Gasteiger partial charge in [-0.25, -0.2) is 5.43 Å². The number of nitrogens with one attached hydrogen (secondary N) is 1. The molecule has 0 aliphatic carbocycles. The van der Waals surface area contributed by atoms with Crippen LogP contribution in [0.2, 0.25) is 0 Å². The summed E-state index contributed by atoms with van der Waals surface area (Å²) in [5.74, 6) is 1.25. The molecule has 1 aromatic heterocycles. The molecule has 7 nitrogen and oxygen atoms in total. The molecule has 1 amide bonds. The fourth-order valence-corrected chi connectivity index (χ4v) is 4.79. The minimum absolute atomic E-state index is 0.191. The fourth-order valence-electron chi connectivity index (χ4n) is 3.14. The lowest BCUT2D eigenvalue weighted by Crippen LogP contribution is -2.19. The van der Waals surface area contributed by atoms with E-state index in [1.165, 1.54) is 28.7 Å². The fraction of sp³-hybridized carbons (Fsp3) is 0.185. The van der Waals surface area contributed by atoms with Crippen molar-refractivity contribution in [1.82, 2.24) is 15.6 Å². The van der Waals surface area contributed by atoms with Crippen LogP contribution in [0.5, 0.6) is 11.5 Å². The highest BCUT2D eigenvalue weighted by molar-refractivity contribution is 8.01. The van der Waals surface area contributed by atoms with Gasteiger partial charge in [-0.2, -0.15) is 5.10 Å². The molecule has 9 heteroatoms. The van der Waals surface area contributed by atoms with Crippen LogP contribution < -0.4 is 14.9 Å². The van der Waals surface area contributed by atoms with E-state index >= 15 is 0 Å². The molecule has 0 radical (unpaired) electrons. The number of aryl methyl sites for hydroxylation is 1. The van der Waals surface area contributed by atoms with Crippen molar-refractivity contribution >= 4 is 35.2 Å². The predicted octanol–water partition coefficient (Wildman–Crippen LogP) is 5.73. The van der Waals surface area contributed by atoms with Gasteiger partial charge in [-0.15, -0.1) is 10.2 Å². The maximum atomic E-state index is 12.2. The second-order valence-corrected chi connectivity index (χ2v) is 9.93. The van der Waals surface area contributed by atoms with Crippen molar-refractivity contribution in [3.63, 3.8) is 0 Å². The van der Waals surface area contributed by atoms with Gasteiger partial charge in [0, 0.05) is 5.56 Å². The Kier molecular flexibility index (Phi) is 9.07. The Balaban J connectivity index is 1.28. The highest BCUT2D eigenvalue weighted by Crippen LogP contribution is 2.30. The molecular formula is C27H26N4O3S2. The number of nitrogens with zero attached hydrogens (tertiary/aromatic N) is 3. The van der Waals surface area contributed by atoms with Gasteiger partial charge in [0.2, 0.25) is 0 Å². The lowest BCUT2D eigenvalue weighted by atomic mass is 10.2. The average molecular weight is 519 g/mol. The summed E-state index contributed by atoms with van der Waals surface area (Å²) in [7, 11) is 0. The second-order valence-electron chi connectivity index (χ2n) is 7.73. The first-order valence-electron chi connectivity index (χ1n) is 11.4. The Labute approximate surface area is 218 Å². The van der Waals surface area contributed by atoms with Crippen molar-refractivity contribution in [2.45, 2.75) is 24.8 Å². The van der Waals surface area contributed by atoms with E-state index in [0.29, 0.717) is 24.7 Å². The zero-order chi connectivity index (χ0) is 25.2.